The molecule has 112 valence electrons. The van der Waals surface area contributed by atoms with Gasteiger partial charge in [-0.1, -0.05) is 6.92 Å². The molecule has 1 aliphatic rings. The van der Waals surface area contributed by atoms with Crippen LogP contribution in [0, 0.1) is 0 Å². The summed E-state index contributed by atoms with van der Waals surface area (Å²) >= 11 is 1.37. The maximum atomic E-state index is 11.9. The normalized spacial score (nSPS) is 15.9. The molecule has 0 spiro atoms. The number of aromatic nitrogens is 1. The predicted octanol–water partition coefficient (Wildman–Crippen LogP) is 1.59. The van der Waals surface area contributed by atoms with Crippen molar-refractivity contribution in [2.75, 3.05) is 17.6 Å². The standard InChI is InChI=1S/C12H19N3O3S2/c1-3-5-11(16)14-12-13-9-6-7-15(8-10(9)19-12)20(17,18)4-2/h3-8H2,1-2H3,(H,13,14,16). The number of hydrogen-bond acceptors (Lipinski definition) is 5. The molecule has 1 aliphatic heterocycles. The first-order chi connectivity index (χ1) is 9.46. The molecule has 2 rings (SSSR count). The van der Waals surface area contributed by atoms with Gasteiger partial charge in [-0.2, -0.15) is 4.31 Å². The van der Waals surface area contributed by atoms with E-state index < -0.39 is 10.0 Å². The van der Waals surface area contributed by atoms with E-state index in [0.717, 1.165) is 17.0 Å². The van der Waals surface area contributed by atoms with E-state index in [1.807, 2.05) is 6.92 Å². The van der Waals surface area contributed by atoms with Gasteiger partial charge in [0.1, 0.15) is 0 Å². The molecule has 0 unspecified atom stereocenters. The molecule has 0 radical (unpaired) electrons. The van der Waals surface area contributed by atoms with E-state index in [0.29, 0.717) is 31.1 Å². The van der Waals surface area contributed by atoms with E-state index in [2.05, 4.69) is 10.3 Å². The van der Waals surface area contributed by atoms with Crippen LogP contribution in [0.2, 0.25) is 0 Å². The van der Waals surface area contributed by atoms with E-state index in [1.165, 1.54) is 15.6 Å². The molecule has 20 heavy (non-hydrogen) atoms. The molecule has 0 aliphatic carbocycles. The summed E-state index contributed by atoms with van der Waals surface area (Å²) in [5, 5.41) is 3.34. The predicted molar refractivity (Wildman–Crippen MR) is 79.2 cm³/mol. The molecule has 0 aromatic carbocycles. The Bertz CT molecular complexity index is 595. The van der Waals surface area contributed by atoms with Gasteiger partial charge in [0.15, 0.2) is 5.13 Å². The first-order valence-electron chi connectivity index (χ1n) is 6.72. The van der Waals surface area contributed by atoms with E-state index in [4.69, 9.17) is 0 Å². The van der Waals surface area contributed by atoms with Gasteiger partial charge in [0.05, 0.1) is 11.4 Å². The Balaban J connectivity index is 2.10. The van der Waals surface area contributed by atoms with Crippen molar-refractivity contribution in [2.45, 2.75) is 39.7 Å². The molecule has 0 bridgehead atoms. The molecule has 0 saturated carbocycles. The van der Waals surface area contributed by atoms with Gasteiger partial charge in [0.25, 0.3) is 0 Å². The fourth-order valence-electron chi connectivity index (χ4n) is 2.05. The first kappa shape index (κ1) is 15.4. The fraction of sp³-hybridized carbons (Fsp3) is 0.667. The Morgan fingerprint density at radius 1 is 1.45 bits per heavy atom. The van der Waals surface area contributed by atoms with Crippen LogP contribution < -0.4 is 5.32 Å². The second kappa shape index (κ2) is 6.19. The monoisotopic (exact) mass is 317 g/mol. The number of nitrogens with zero attached hydrogens (tertiary/aromatic N) is 2. The Hall–Kier alpha value is -0.990. The van der Waals surface area contributed by atoms with Crippen LogP contribution in [0.4, 0.5) is 5.13 Å². The summed E-state index contributed by atoms with van der Waals surface area (Å²) in [5.41, 5.74) is 0.907. The third-order valence-corrected chi connectivity index (χ3v) is 6.00. The quantitative estimate of drug-likeness (QED) is 0.894. The second-order valence-electron chi connectivity index (χ2n) is 4.67. The number of rotatable bonds is 5. The van der Waals surface area contributed by atoms with Crippen molar-refractivity contribution in [2.24, 2.45) is 0 Å². The number of fused-ring (bicyclic) bond motifs is 1. The van der Waals surface area contributed by atoms with Crippen LogP contribution in [0.15, 0.2) is 0 Å². The fourth-order valence-corrected chi connectivity index (χ4v) is 4.24. The number of sulfonamides is 1. The van der Waals surface area contributed by atoms with Crippen LogP contribution in [0.3, 0.4) is 0 Å². The maximum Gasteiger partial charge on any atom is 0.226 e. The van der Waals surface area contributed by atoms with Gasteiger partial charge in [0, 0.05) is 30.8 Å². The number of anilines is 1. The molecule has 0 saturated heterocycles. The molecule has 1 N–H and O–H groups in total. The summed E-state index contributed by atoms with van der Waals surface area (Å²) in [5.74, 6) is 0.0675. The molecule has 0 fully saturated rings. The van der Waals surface area contributed by atoms with Crippen LogP contribution in [-0.4, -0.2) is 35.9 Å². The average molecular weight is 317 g/mol. The van der Waals surface area contributed by atoms with E-state index in [1.54, 1.807) is 6.92 Å². The van der Waals surface area contributed by atoms with Crippen molar-refractivity contribution in [3.05, 3.63) is 10.6 Å². The lowest BCUT2D eigenvalue weighted by molar-refractivity contribution is -0.116. The van der Waals surface area contributed by atoms with Crippen LogP contribution >= 0.6 is 11.3 Å². The summed E-state index contributed by atoms with van der Waals surface area (Å²) in [6.45, 7) is 4.43. The van der Waals surface area contributed by atoms with Gasteiger partial charge >= 0.3 is 0 Å². The number of nitrogens with one attached hydrogen (secondary N) is 1. The zero-order valence-electron chi connectivity index (χ0n) is 11.7. The van der Waals surface area contributed by atoms with Crippen LogP contribution in [0.5, 0.6) is 0 Å². The first-order valence-corrected chi connectivity index (χ1v) is 9.15. The lowest BCUT2D eigenvalue weighted by atomic mass is 10.2. The smallest absolute Gasteiger partial charge is 0.226 e. The molecule has 2 heterocycles. The van der Waals surface area contributed by atoms with Crippen molar-refractivity contribution < 1.29 is 13.2 Å². The maximum absolute atomic E-state index is 11.9. The average Bonchev–Trinajstić information content (AvgIpc) is 2.79. The highest BCUT2D eigenvalue weighted by molar-refractivity contribution is 7.89. The Kier molecular flexibility index (Phi) is 4.77. The zero-order valence-corrected chi connectivity index (χ0v) is 13.3. The lowest BCUT2D eigenvalue weighted by Crippen LogP contribution is -2.36. The molecule has 6 nitrogen and oxygen atoms in total. The summed E-state index contributed by atoms with van der Waals surface area (Å²) in [6, 6.07) is 0. The van der Waals surface area contributed by atoms with Crippen LogP contribution in [0.1, 0.15) is 37.3 Å². The Labute approximate surface area is 123 Å². The molecule has 1 aromatic rings. The summed E-state index contributed by atoms with van der Waals surface area (Å²) in [7, 11) is -3.16. The highest BCUT2D eigenvalue weighted by atomic mass is 32.2. The van der Waals surface area contributed by atoms with Crippen LogP contribution in [0.25, 0.3) is 0 Å². The molecule has 0 atom stereocenters. The molecular formula is C12H19N3O3S2. The number of thiazole rings is 1. The van der Waals surface area contributed by atoms with Crippen molar-refractivity contribution >= 4 is 32.4 Å². The van der Waals surface area contributed by atoms with Crippen molar-refractivity contribution in [3.8, 4) is 0 Å². The molecular weight excluding hydrogens is 298 g/mol. The molecule has 1 amide bonds. The summed E-state index contributed by atoms with van der Waals surface area (Å²) < 4.78 is 25.2. The van der Waals surface area contributed by atoms with Gasteiger partial charge in [-0.3, -0.25) is 4.79 Å². The van der Waals surface area contributed by atoms with Crippen molar-refractivity contribution in [1.29, 1.82) is 0 Å². The number of carbonyl (C=O) groups excluding carboxylic acids is 1. The van der Waals surface area contributed by atoms with E-state index >= 15 is 0 Å². The van der Waals surface area contributed by atoms with Crippen molar-refractivity contribution in [1.82, 2.24) is 9.29 Å². The number of hydrogen-bond donors (Lipinski definition) is 1. The van der Waals surface area contributed by atoms with Gasteiger partial charge in [-0.25, -0.2) is 13.4 Å². The second-order valence-corrected chi connectivity index (χ2v) is 8.01. The third-order valence-electron chi connectivity index (χ3n) is 3.18. The minimum Gasteiger partial charge on any atom is -0.302 e. The SMILES string of the molecule is CCCC(=O)Nc1nc2c(s1)CN(S(=O)(=O)CC)CC2. The van der Waals surface area contributed by atoms with Gasteiger partial charge in [-0.05, 0) is 13.3 Å². The van der Waals surface area contributed by atoms with Gasteiger partial charge in [-0.15, -0.1) is 11.3 Å². The van der Waals surface area contributed by atoms with E-state index in [-0.39, 0.29) is 11.7 Å². The number of carbonyl (C=O) groups is 1. The zero-order chi connectivity index (χ0) is 14.8. The minimum absolute atomic E-state index is 0.0448. The molecule has 8 heteroatoms. The topological polar surface area (TPSA) is 79.4 Å². The van der Waals surface area contributed by atoms with Gasteiger partial charge in [0.2, 0.25) is 15.9 Å². The number of amides is 1. The van der Waals surface area contributed by atoms with Crippen LogP contribution in [-0.2, 0) is 27.8 Å². The Morgan fingerprint density at radius 3 is 2.85 bits per heavy atom. The van der Waals surface area contributed by atoms with E-state index in [9.17, 15) is 13.2 Å². The van der Waals surface area contributed by atoms with Crippen molar-refractivity contribution in [3.63, 3.8) is 0 Å². The highest BCUT2D eigenvalue weighted by Crippen LogP contribution is 2.29. The Morgan fingerprint density at radius 2 is 2.20 bits per heavy atom. The minimum atomic E-state index is -3.16. The largest absolute Gasteiger partial charge is 0.302 e. The summed E-state index contributed by atoms with van der Waals surface area (Å²) in [6.07, 6.45) is 1.87. The highest BCUT2D eigenvalue weighted by Gasteiger charge is 2.27. The molecule has 1 aromatic heterocycles. The third kappa shape index (κ3) is 3.36. The lowest BCUT2D eigenvalue weighted by Gasteiger charge is -2.24. The van der Waals surface area contributed by atoms with Gasteiger partial charge < -0.3 is 5.32 Å². The summed E-state index contributed by atoms with van der Waals surface area (Å²) in [4.78, 5) is 16.9.